The molecule has 2 N–H and O–H groups in total. The van der Waals surface area contributed by atoms with Crippen molar-refractivity contribution in [2.75, 3.05) is 12.4 Å². The number of nitrogens with zero attached hydrogens (tertiary/aromatic N) is 2. The molecule has 0 saturated heterocycles. The van der Waals surface area contributed by atoms with Crippen LogP contribution in [0.25, 0.3) is 0 Å². The minimum atomic E-state index is -0.0414. The fraction of sp³-hybridized carbons (Fsp3) is 0.308. The second-order valence-corrected chi connectivity index (χ2v) is 4.95. The molecule has 0 atom stereocenters. The first-order valence-electron chi connectivity index (χ1n) is 6.24. The Bertz CT molecular complexity index is 528. The number of nitrogens with one attached hydrogen (secondary N) is 2. The number of thioether (sulfide) groups is 1. The molecule has 0 radical (unpaired) electrons. The first-order valence-corrected chi connectivity index (χ1v) is 7.23. The molecule has 0 fully saturated rings. The quantitative estimate of drug-likeness (QED) is 0.758. The maximum absolute atomic E-state index is 11.7. The highest BCUT2D eigenvalue weighted by Crippen LogP contribution is 2.21. The number of amides is 1. The molecule has 1 aromatic heterocycles. The number of carbonyl (C=O) groups is 1. The summed E-state index contributed by atoms with van der Waals surface area (Å²) in [4.78, 5) is 16.6. The number of hydrogen-bond donors (Lipinski definition) is 2. The molecule has 1 aromatic carbocycles. The van der Waals surface area contributed by atoms with E-state index in [0.717, 1.165) is 10.6 Å². The lowest BCUT2D eigenvalue weighted by Gasteiger charge is -2.05. The smallest absolute Gasteiger partial charge is 0.230 e. The highest BCUT2D eigenvalue weighted by molar-refractivity contribution is 8.00. The van der Waals surface area contributed by atoms with Crippen molar-refractivity contribution >= 4 is 17.7 Å². The van der Waals surface area contributed by atoms with Crippen LogP contribution in [-0.2, 0) is 11.3 Å². The van der Waals surface area contributed by atoms with Crippen LogP contribution in [0, 0.1) is 0 Å². The lowest BCUT2D eigenvalue weighted by Crippen LogP contribution is -2.25. The zero-order chi connectivity index (χ0) is 14.2. The Balaban J connectivity index is 1.72. The summed E-state index contributed by atoms with van der Waals surface area (Å²) in [7, 11) is 0. The Hall–Kier alpha value is -2.02. The van der Waals surface area contributed by atoms with E-state index in [1.54, 1.807) is 0 Å². The van der Waals surface area contributed by atoms with Gasteiger partial charge in [-0.25, -0.2) is 4.98 Å². The van der Waals surface area contributed by atoms with Crippen LogP contribution in [0.1, 0.15) is 12.7 Å². The Morgan fingerprint density at radius 3 is 2.85 bits per heavy atom. The first-order chi connectivity index (χ1) is 9.78. The molecule has 0 aliphatic carbocycles. The predicted molar refractivity (Wildman–Crippen MR) is 76.6 cm³/mol. The minimum absolute atomic E-state index is 0.0414. The van der Waals surface area contributed by atoms with E-state index < -0.39 is 0 Å². The van der Waals surface area contributed by atoms with E-state index in [0.29, 0.717) is 24.7 Å². The van der Waals surface area contributed by atoms with Gasteiger partial charge in [-0.1, -0.05) is 0 Å². The molecule has 0 unspecified atom stereocenters. The van der Waals surface area contributed by atoms with Gasteiger partial charge in [0, 0.05) is 4.90 Å². The van der Waals surface area contributed by atoms with Crippen LogP contribution in [-0.4, -0.2) is 33.4 Å². The Morgan fingerprint density at radius 1 is 1.40 bits per heavy atom. The van der Waals surface area contributed by atoms with Crippen molar-refractivity contribution in [3.63, 3.8) is 0 Å². The van der Waals surface area contributed by atoms with Crippen molar-refractivity contribution in [3.8, 4) is 5.75 Å². The van der Waals surface area contributed by atoms with Gasteiger partial charge >= 0.3 is 0 Å². The number of hydrogen-bond acceptors (Lipinski definition) is 5. The van der Waals surface area contributed by atoms with Gasteiger partial charge < -0.3 is 10.1 Å². The molecule has 1 amide bonds. The molecule has 0 aliphatic rings. The molecule has 0 saturated carbocycles. The largest absolute Gasteiger partial charge is 0.494 e. The molecule has 106 valence electrons. The number of rotatable bonds is 7. The lowest BCUT2D eigenvalue weighted by molar-refractivity contribution is -0.118. The fourth-order valence-corrected chi connectivity index (χ4v) is 2.23. The third-order valence-corrected chi connectivity index (χ3v) is 3.43. The highest BCUT2D eigenvalue weighted by atomic mass is 32.2. The molecule has 20 heavy (non-hydrogen) atoms. The summed E-state index contributed by atoms with van der Waals surface area (Å²) in [6.07, 6.45) is 1.41. The Labute approximate surface area is 121 Å². The number of aromatic amines is 1. The second-order valence-electron chi connectivity index (χ2n) is 3.90. The molecule has 6 nitrogen and oxygen atoms in total. The van der Waals surface area contributed by atoms with E-state index in [1.165, 1.54) is 18.1 Å². The van der Waals surface area contributed by atoms with Crippen molar-refractivity contribution in [3.05, 3.63) is 36.4 Å². The second kappa shape index (κ2) is 7.54. The summed E-state index contributed by atoms with van der Waals surface area (Å²) in [5.74, 6) is 1.80. The predicted octanol–water partition coefficient (Wildman–Crippen LogP) is 1.61. The maximum Gasteiger partial charge on any atom is 0.230 e. The maximum atomic E-state index is 11.7. The van der Waals surface area contributed by atoms with E-state index in [1.807, 2.05) is 31.2 Å². The lowest BCUT2D eigenvalue weighted by atomic mass is 10.3. The van der Waals surface area contributed by atoms with Crippen LogP contribution in [0.5, 0.6) is 5.75 Å². The van der Waals surface area contributed by atoms with Gasteiger partial charge in [0.25, 0.3) is 0 Å². The monoisotopic (exact) mass is 292 g/mol. The van der Waals surface area contributed by atoms with Gasteiger partial charge in [0.05, 0.1) is 18.9 Å². The van der Waals surface area contributed by atoms with E-state index >= 15 is 0 Å². The number of H-pyrrole nitrogens is 1. The minimum Gasteiger partial charge on any atom is -0.494 e. The van der Waals surface area contributed by atoms with Crippen molar-refractivity contribution in [1.82, 2.24) is 20.5 Å². The Kier molecular flexibility index (Phi) is 5.43. The van der Waals surface area contributed by atoms with Crippen LogP contribution in [0.4, 0.5) is 0 Å². The number of aromatic nitrogens is 3. The Morgan fingerprint density at radius 2 is 2.20 bits per heavy atom. The molecule has 2 aromatic rings. The van der Waals surface area contributed by atoms with E-state index in [4.69, 9.17) is 4.74 Å². The zero-order valence-corrected chi connectivity index (χ0v) is 11.9. The molecule has 7 heteroatoms. The van der Waals surface area contributed by atoms with E-state index in [2.05, 4.69) is 20.5 Å². The van der Waals surface area contributed by atoms with Crippen LogP contribution < -0.4 is 10.1 Å². The standard InChI is InChI=1S/C13H16N4O2S/c1-2-19-10-3-5-11(6-4-10)20-8-13(18)14-7-12-15-9-16-17-12/h3-6,9H,2,7-8H2,1H3,(H,14,18)(H,15,16,17). The average molecular weight is 292 g/mol. The summed E-state index contributed by atoms with van der Waals surface area (Å²) in [5, 5.41) is 9.17. The van der Waals surface area contributed by atoms with E-state index in [-0.39, 0.29) is 5.91 Å². The third kappa shape index (κ3) is 4.58. The van der Waals surface area contributed by atoms with Crippen molar-refractivity contribution < 1.29 is 9.53 Å². The van der Waals surface area contributed by atoms with Gasteiger partial charge in [0.2, 0.25) is 5.91 Å². The van der Waals surface area contributed by atoms with Gasteiger partial charge in [0.15, 0.2) is 0 Å². The summed E-state index contributed by atoms with van der Waals surface area (Å²) in [5.41, 5.74) is 0. The summed E-state index contributed by atoms with van der Waals surface area (Å²) in [6.45, 7) is 2.96. The third-order valence-electron chi connectivity index (χ3n) is 2.42. The molecular weight excluding hydrogens is 276 g/mol. The summed E-state index contributed by atoms with van der Waals surface area (Å²) >= 11 is 1.48. The van der Waals surface area contributed by atoms with Gasteiger partial charge in [-0.2, -0.15) is 5.10 Å². The van der Waals surface area contributed by atoms with Crippen LogP contribution >= 0.6 is 11.8 Å². The van der Waals surface area contributed by atoms with Crippen molar-refractivity contribution in [2.45, 2.75) is 18.4 Å². The van der Waals surface area contributed by atoms with Gasteiger partial charge in [-0.3, -0.25) is 9.89 Å². The fourth-order valence-electron chi connectivity index (χ4n) is 1.50. The first kappa shape index (κ1) is 14.4. The SMILES string of the molecule is CCOc1ccc(SCC(=O)NCc2ncn[nH]2)cc1. The van der Waals surface area contributed by atoms with Crippen molar-refractivity contribution in [1.29, 1.82) is 0 Å². The average Bonchev–Trinajstić information content (AvgIpc) is 2.98. The zero-order valence-electron chi connectivity index (χ0n) is 11.1. The van der Waals surface area contributed by atoms with Crippen LogP contribution in [0.15, 0.2) is 35.5 Å². The van der Waals surface area contributed by atoms with E-state index in [9.17, 15) is 4.79 Å². The molecule has 0 aliphatic heterocycles. The van der Waals surface area contributed by atoms with Gasteiger partial charge in [0.1, 0.15) is 17.9 Å². The summed E-state index contributed by atoms with van der Waals surface area (Å²) in [6, 6.07) is 7.69. The van der Waals surface area contributed by atoms with Crippen molar-refractivity contribution in [2.24, 2.45) is 0 Å². The van der Waals surface area contributed by atoms with Gasteiger partial charge in [-0.15, -0.1) is 11.8 Å². The number of benzene rings is 1. The van der Waals surface area contributed by atoms with Gasteiger partial charge in [-0.05, 0) is 31.2 Å². The molecule has 1 heterocycles. The molecule has 2 rings (SSSR count). The molecular formula is C13H16N4O2S. The normalized spacial score (nSPS) is 10.2. The molecule has 0 spiro atoms. The summed E-state index contributed by atoms with van der Waals surface area (Å²) < 4.78 is 5.36. The molecule has 0 bridgehead atoms. The topological polar surface area (TPSA) is 79.9 Å². The number of ether oxygens (including phenoxy) is 1. The number of carbonyl (C=O) groups excluding carboxylic acids is 1. The highest BCUT2D eigenvalue weighted by Gasteiger charge is 2.04. The van der Waals surface area contributed by atoms with Crippen LogP contribution in [0.3, 0.4) is 0 Å². The van der Waals surface area contributed by atoms with Crippen LogP contribution in [0.2, 0.25) is 0 Å².